The Morgan fingerprint density at radius 2 is 1.77 bits per heavy atom. The second kappa shape index (κ2) is 7.99. The maximum atomic E-state index is 11.8. The van der Waals surface area contributed by atoms with Crippen LogP contribution in [0.3, 0.4) is 0 Å². The van der Waals surface area contributed by atoms with E-state index in [1.54, 1.807) is 30.3 Å². The van der Waals surface area contributed by atoms with Crippen molar-refractivity contribution >= 4 is 24.7 Å². The van der Waals surface area contributed by atoms with Gasteiger partial charge in [-0.15, -0.1) is 0 Å². The number of carbonyl (C=O) groups is 1. The quantitative estimate of drug-likeness (QED) is 0.575. The Morgan fingerprint density at radius 3 is 2.32 bits per heavy atom. The van der Waals surface area contributed by atoms with Crippen molar-refractivity contribution in [1.29, 1.82) is 5.26 Å². The van der Waals surface area contributed by atoms with Crippen LogP contribution >= 0.6 is 0 Å². The van der Waals surface area contributed by atoms with Crippen molar-refractivity contribution in [1.82, 2.24) is 4.98 Å². The summed E-state index contributed by atoms with van der Waals surface area (Å²) in [6.45, 7) is 13.8. The number of aldehydes is 1. The van der Waals surface area contributed by atoms with Crippen LogP contribution in [-0.4, -0.2) is 35.1 Å². The van der Waals surface area contributed by atoms with Crippen LogP contribution in [0.25, 0.3) is 0 Å². The largest absolute Gasteiger partial charge is 0.495 e. The van der Waals surface area contributed by atoms with Gasteiger partial charge in [0.05, 0.1) is 16.8 Å². The molecule has 3 rings (SSSR count). The number of anilines is 1. The van der Waals surface area contributed by atoms with Crippen LogP contribution in [0.1, 0.15) is 64.4 Å². The molecule has 2 aromatic rings. The number of benzene rings is 1. The van der Waals surface area contributed by atoms with Gasteiger partial charge in [0.1, 0.15) is 23.9 Å². The Morgan fingerprint density at radius 1 is 1.13 bits per heavy atom. The van der Waals surface area contributed by atoms with E-state index in [1.807, 2.05) is 48.5 Å². The summed E-state index contributed by atoms with van der Waals surface area (Å²) < 4.78 is 18.0. The van der Waals surface area contributed by atoms with Crippen molar-refractivity contribution in [2.24, 2.45) is 0 Å². The Bertz CT molecular complexity index is 1020. The fraction of sp³-hybridized carbons (Fsp3) is 0.435. The molecule has 0 unspecified atom stereocenters. The van der Waals surface area contributed by atoms with Crippen molar-refractivity contribution in [3.63, 3.8) is 0 Å². The molecule has 0 bridgehead atoms. The first-order valence-electron chi connectivity index (χ1n) is 10.2. The molecule has 0 spiro atoms. The van der Waals surface area contributed by atoms with Crippen LogP contribution in [0.4, 0.5) is 5.82 Å². The van der Waals surface area contributed by atoms with E-state index in [-0.39, 0.29) is 5.54 Å². The third-order valence-electron chi connectivity index (χ3n) is 5.40. The SMILES string of the molecule is CC(C)(C)Nc1nc(Oc2ccc(B3OC(C)(C)C(C)(C)O3)c(C=O)c2)ccc1C#N. The van der Waals surface area contributed by atoms with Gasteiger partial charge in [-0.25, -0.2) is 0 Å². The number of rotatable bonds is 5. The van der Waals surface area contributed by atoms with E-state index in [1.165, 1.54) is 0 Å². The van der Waals surface area contributed by atoms with E-state index >= 15 is 0 Å². The molecule has 0 aliphatic carbocycles. The molecule has 0 radical (unpaired) electrons. The number of pyridine rings is 1. The van der Waals surface area contributed by atoms with Gasteiger partial charge < -0.3 is 19.4 Å². The molecule has 1 fully saturated rings. The molecule has 0 amide bonds. The molecule has 1 saturated heterocycles. The zero-order chi connectivity index (χ0) is 23.0. The number of nitrogens with zero attached hydrogens (tertiary/aromatic N) is 2. The molecule has 0 atom stereocenters. The second-order valence-corrected chi connectivity index (χ2v) is 9.63. The third kappa shape index (κ3) is 4.89. The lowest BCUT2D eigenvalue weighted by molar-refractivity contribution is 0.00578. The Labute approximate surface area is 183 Å². The van der Waals surface area contributed by atoms with Crippen molar-refractivity contribution in [2.45, 2.75) is 65.2 Å². The highest BCUT2D eigenvalue weighted by Gasteiger charge is 2.52. The first-order chi connectivity index (χ1) is 14.3. The maximum absolute atomic E-state index is 11.8. The number of carbonyl (C=O) groups excluding carboxylic acids is 1. The fourth-order valence-corrected chi connectivity index (χ4v) is 3.06. The lowest BCUT2D eigenvalue weighted by Gasteiger charge is -2.32. The summed E-state index contributed by atoms with van der Waals surface area (Å²) >= 11 is 0. The Hall–Kier alpha value is -2.89. The number of nitrogens with one attached hydrogen (secondary N) is 1. The lowest BCUT2D eigenvalue weighted by Crippen LogP contribution is -2.41. The van der Waals surface area contributed by atoms with Gasteiger partial charge in [-0.1, -0.05) is 6.07 Å². The highest BCUT2D eigenvalue weighted by atomic mass is 16.7. The number of hydrogen-bond donors (Lipinski definition) is 1. The Balaban J connectivity index is 1.87. The molecule has 1 aliphatic rings. The molecule has 1 aliphatic heterocycles. The predicted molar refractivity (Wildman–Crippen MR) is 120 cm³/mol. The summed E-state index contributed by atoms with van der Waals surface area (Å²) in [4.78, 5) is 16.2. The van der Waals surface area contributed by atoms with E-state index in [0.29, 0.717) is 34.0 Å². The highest BCUT2D eigenvalue weighted by molar-refractivity contribution is 6.63. The summed E-state index contributed by atoms with van der Waals surface area (Å²) in [5.74, 6) is 1.20. The van der Waals surface area contributed by atoms with Gasteiger partial charge in [0.2, 0.25) is 5.88 Å². The maximum Gasteiger partial charge on any atom is 0.495 e. The van der Waals surface area contributed by atoms with E-state index < -0.39 is 18.3 Å². The molecule has 1 aromatic heterocycles. The van der Waals surface area contributed by atoms with Crippen molar-refractivity contribution in [2.75, 3.05) is 5.32 Å². The standard InChI is InChI=1S/C23H28BN3O4/c1-21(2,3)27-20-15(13-25)8-11-19(26-20)29-17-9-10-18(16(12-17)14-28)24-30-22(4,5)23(6,7)31-24/h8-12,14H,1-7H3,(H,26,27). The molecule has 1 aromatic carbocycles. The Kier molecular flexibility index (Phi) is 5.87. The van der Waals surface area contributed by atoms with Crippen molar-refractivity contribution in [3.8, 4) is 17.7 Å². The summed E-state index contributed by atoms with van der Waals surface area (Å²) in [7, 11) is -0.644. The molecule has 7 nitrogen and oxygen atoms in total. The van der Waals surface area contributed by atoms with Crippen molar-refractivity contribution in [3.05, 3.63) is 41.5 Å². The van der Waals surface area contributed by atoms with E-state index in [9.17, 15) is 10.1 Å². The smallest absolute Gasteiger partial charge is 0.439 e. The van der Waals surface area contributed by atoms with E-state index in [4.69, 9.17) is 14.0 Å². The molecule has 162 valence electrons. The van der Waals surface area contributed by atoms with Gasteiger partial charge in [0, 0.05) is 17.2 Å². The average molecular weight is 421 g/mol. The van der Waals surface area contributed by atoms with Crippen LogP contribution in [-0.2, 0) is 9.31 Å². The summed E-state index contributed by atoms with van der Waals surface area (Å²) in [5.41, 5.74) is 0.200. The number of nitriles is 1. The summed E-state index contributed by atoms with van der Waals surface area (Å²) in [6.07, 6.45) is 0.756. The first kappa shape index (κ1) is 22.8. The minimum Gasteiger partial charge on any atom is -0.439 e. The predicted octanol–water partition coefficient (Wildman–Crippen LogP) is 4.07. The third-order valence-corrected chi connectivity index (χ3v) is 5.40. The molecule has 31 heavy (non-hydrogen) atoms. The van der Waals surface area contributed by atoms with Crippen LogP contribution in [0.5, 0.6) is 11.6 Å². The molecular weight excluding hydrogens is 393 g/mol. The number of aromatic nitrogens is 1. The summed E-state index contributed by atoms with van der Waals surface area (Å²) in [5, 5.41) is 12.5. The molecule has 8 heteroatoms. The normalized spacial score (nSPS) is 17.2. The highest BCUT2D eigenvalue weighted by Crippen LogP contribution is 2.37. The minimum absolute atomic E-state index is 0.271. The molecule has 0 saturated carbocycles. The van der Waals surface area contributed by atoms with Crippen LogP contribution in [0.15, 0.2) is 30.3 Å². The topological polar surface area (TPSA) is 93.5 Å². The first-order valence-corrected chi connectivity index (χ1v) is 10.2. The monoisotopic (exact) mass is 421 g/mol. The number of ether oxygens (including phenoxy) is 1. The molecule has 2 heterocycles. The van der Waals surface area contributed by atoms with Crippen molar-refractivity contribution < 1.29 is 18.8 Å². The van der Waals surface area contributed by atoms with Gasteiger partial charge in [-0.3, -0.25) is 4.79 Å². The molecule has 1 N–H and O–H groups in total. The van der Waals surface area contributed by atoms with Gasteiger partial charge >= 0.3 is 7.12 Å². The van der Waals surface area contributed by atoms with E-state index in [2.05, 4.69) is 16.4 Å². The van der Waals surface area contributed by atoms with Gasteiger partial charge in [0.15, 0.2) is 0 Å². The zero-order valence-electron chi connectivity index (χ0n) is 19.1. The minimum atomic E-state index is -0.644. The van der Waals surface area contributed by atoms with Crippen LogP contribution in [0, 0.1) is 11.3 Å². The zero-order valence-corrected chi connectivity index (χ0v) is 19.1. The second-order valence-electron chi connectivity index (χ2n) is 9.63. The molecular formula is C23H28BN3O4. The van der Waals surface area contributed by atoms with Gasteiger partial charge in [0.25, 0.3) is 0 Å². The van der Waals surface area contributed by atoms with Crippen LogP contribution in [0.2, 0.25) is 0 Å². The lowest BCUT2D eigenvalue weighted by atomic mass is 9.76. The summed E-state index contributed by atoms with van der Waals surface area (Å²) in [6, 6.07) is 10.5. The fourth-order valence-electron chi connectivity index (χ4n) is 3.06. The number of hydrogen-bond acceptors (Lipinski definition) is 7. The van der Waals surface area contributed by atoms with E-state index in [0.717, 1.165) is 6.29 Å². The van der Waals surface area contributed by atoms with Gasteiger partial charge in [-0.05, 0) is 72.1 Å². The van der Waals surface area contributed by atoms with Crippen LogP contribution < -0.4 is 15.5 Å². The average Bonchev–Trinajstić information content (AvgIpc) is 2.87. The van der Waals surface area contributed by atoms with Gasteiger partial charge in [-0.2, -0.15) is 10.2 Å².